The van der Waals surface area contributed by atoms with Gasteiger partial charge in [0.1, 0.15) is 11.4 Å². The zero-order chi connectivity index (χ0) is 39.5. The van der Waals surface area contributed by atoms with Crippen molar-refractivity contribution in [2.75, 3.05) is 0 Å². The van der Waals surface area contributed by atoms with E-state index < -0.39 is 41.6 Å². The molecular formula is C34H24CaN6O12S2. The number of nitrogens with zero attached hydrogens (tertiary/aromatic N) is 6. The summed E-state index contributed by atoms with van der Waals surface area (Å²) in [5, 5.41) is 37.9. The predicted molar refractivity (Wildman–Crippen MR) is 200 cm³/mol. The molecule has 55 heavy (non-hydrogen) atoms. The van der Waals surface area contributed by atoms with Crippen LogP contribution in [0.2, 0.25) is 0 Å². The number of carbonyl (C=O) groups is 2. The van der Waals surface area contributed by atoms with E-state index in [1.54, 1.807) is 38.1 Å². The summed E-state index contributed by atoms with van der Waals surface area (Å²) in [5.74, 6) is -0.970. The van der Waals surface area contributed by atoms with Crippen molar-refractivity contribution in [1.29, 1.82) is 0 Å². The van der Waals surface area contributed by atoms with Crippen LogP contribution in [0.3, 0.4) is 0 Å². The minimum atomic E-state index is -4.40. The van der Waals surface area contributed by atoms with Crippen molar-refractivity contribution in [2.24, 2.45) is 20.5 Å². The van der Waals surface area contributed by atoms with Crippen molar-refractivity contribution >= 4 is 102 Å². The molecule has 0 saturated heterocycles. The molecule has 0 aromatic heterocycles. The van der Waals surface area contributed by atoms with E-state index in [-0.39, 0.29) is 81.6 Å². The van der Waals surface area contributed by atoms with Gasteiger partial charge >= 0.3 is 37.7 Å². The van der Waals surface area contributed by atoms with Gasteiger partial charge in [-0.1, -0.05) is 48.6 Å². The van der Waals surface area contributed by atoms with Crippen LogP contribution >= 0.6 is 0 Å². The van der Waals surface area contributed by atoms with Crippen LogP contribution in [0.5, 0.6) is 0 Å². The van der Waals surface area contributed by atoms with Gasteiger partial charge < -0.3 is 18.2 Å². The molecule has 0 bridgehead atoms. The van der Waals surface area contributed by atoms with Gasteiger partial charge in [-0.3, -0.25) is 38.2 Å². The molecule has 4 aliphatic carbocycles. The van der Waals surface area contributed by atoms with Crippen LogP contribution in [0.25, 0.3) is 0 Å². The Morgan fingerprint density at radius 3 is 1.27 bits per heavy atom. The summed E-state index contributed by atoms with van der Waals surface area (Å²) in [6.07, 6.45) is 12.4. The molecule has 0 amide bonds. The fraction of sp³-hybridized carbons (Fsp3) is 0.0588. The van der Waals surface area contributed by atoms with Crippen molar-refractivity contribution in [1.82, 2.24) is 0 Å². The number of rotatable bonds is 6. The molecule has 2 atom stereocenters. The second kappa shape index (κ2) is 17.1. The molecule has 0 saturated carbocycles. The third kappa shape index (κ3) is 9.75. The number of benzene rings is 2. The molecule has 2 unspecified atom stereocenters. The van der Waals surface area contributed by atoms with E-state index in [2.05, 4.69) is 20.5 Å². The molecule has 0 heterocycles. The SMILES string of the molecule is Cc1cccc(N=NC2=C3C=CC(=S(=O)([O-])O)C=C3C=CC2=O)c1[N+](=O)[O-].Cc1cccc(N=NC2=C3C=CC(=S(=O)([O-])O)C=C3C=CC2=O)c1[N+](=O)[O-].[Ca+2]. The molecule has 276 valence electrons. The fourth-order valence-electron chi connectivity index (χ4n) is 5.20. The Labute approximate surface area is 342 Å². The molecule has 18 nitrogen and oxygen atoms in total. The van der Waals surface area contributed by atoms with E-state index in [0.29, 0.717) is 33.4 Å². The molecule has 21 heteroatoms. The Bertz CT molecular complexity index is 2470. The minimum absolute atomic E-state index is 0. The van der Waals surface area contributed by atoms with Gasteiger partial charge in [-0.2, -0.15) is 0 Å². The number of nitro benzene ring substituents is 2. The molecule has 4 aliphatic rings. The van der Waals surface area contributed by atoms with E-state index >= 15 is 0 Å². The summed E-state index contributed by atoms with van der Waals surface area (Å²) in [7, 11) is -8.80. The van der Waals surface area contributed by atoms with Crippen LogP contribution in [-0.2, 0) is 29.8 Å². The van der Waals surface area contributed by atoms with Crippen molar-refractivity contribution in [3.8, 4) is 0 Å². The summed E-state index contributed by atoms with van der Waals surface area (Å²) in [5.41, 5.74) is 1.44. The number of allylic oxidation sites excluding steroid dienone is 14. The number of ketones is 2. The number of nitro groups is 2. The predicted octanol–water partition coefficient (Wildman–Crippen LogP) is 5.49. The van der Waals surface area contributed by atoms with E-state index in [9.17, 15) is 47.3 Å². The van der Waals surface area contributed by atoms with Crippen LogP contribution < -0.4 is 0 Å². The average molecular weight is 813 g/mol. The van der Waals surface area contributed by atoms with Crippen LogP contribution in [0.15, 0.2) is 151 Å². The maximum Gasteiger partial charge on any atom is 2.00 e. The van der Waals surface area contributed by atoms with Crippen molar-refractivity contribution in [3.63, 3.8) is 0 Å². The standard InChI is InChI=1S/2C17H13N3O6S.Ca/c2*1-10-3-2-4-14(17(10)20(22)23)18-19-16-13-7-6-12(27(24,25)26)9-11(13)5-8-15(16)21;/h2*2-9H,1H3,(H2,24,25,26);/q;;+2/p-2. The first kappa shape index (κ1) is 42.6. The van der Waals surface area contributed by atoms with E-state index in [1.807, 2.05) is 0 Å². The number of carbonyl (C=O) groups excluding carboxylic acids is 2. The van der Waals surface area contributed by atoms with Gasteiger partial charge in [0.05, 0.1) is 9.85 Å². The first-order valence-corrected chi connectivity index (χ1v) is 18.0. The summed E-state index contributed by atoms with van der Waals surface area (Å²) in [6, 6.07) is 9.09. The average Bonchev–Trinajstić information content (AvgIpc) is 3.09. The van der Waals surface area contributed by atoms with Gasteiger partial charge in [0.15, 0.2) is 11.4 Å². The van der Waals surface area contributed by atoms with Gasteiger partial charge in [0, 0.05) is 52.2 Å². The van der Waals surface area contributed by atoms with Gasteiger partial charge in [-0.15, -0.1) is 20.5 Å². The number of fused-ring (bicyclic) bond motifs is 2. The molecule has 2 aromatic carbocycles. The van der Waals surface area contributed by atoms with Gasteiger partial charge in [0.2, 0.25) is 11.6 Å². The minimum Gasteiger partial charge on any atom is -0.757 e. The van der Waals surface area contributed by atoms with Gasteiger partial charge in [-0.25, -0.2) is 0 Å². The maximum atomic E-state index is 12.2. The Hall–Kier alpha value is -5.16. The topological polar surface area (TPSA) is 291 Å². The summed E-state index contributed by atoms with van der Waals surface area (Å²) >= 11 is 0. The third-order valence-electron chi connectivity index (χ3n) is 7.76. The zero-order valence-corrected chi connectivity index (χ0v) is 32.3. The first-order chi connectivity index (χ1) is 25.4. The van der Waals surface area contributed by atoms with Crippen molar-refractivity contribution in [3.05, 3.63) is 162 Å². The molecule has 2 N–H and O–H groups in total. The Kier molecular flexibility index (Phi) is 13.2. The summed E-state index contributed by atoms with van der Waals surface area (Å²) in [6.45, 7) is 3.12. The normalized spacial score (nSPS) is 18.2. The van der Waals surface area contributed by atoms with Crippen molar-refractivity contribution in [2.45, 2.75) is 13.8 Å². The largest absolute Gasteiger partial charge is 2.00 e. The van der Waals surface area contributed by atoms with Crippen LogP contribution in [0, 0.1) is 34.1 Å². The van der Waals surface area contributed by atoms with Gasteiger partial charge in [-0.05, 0) is 73.6 Å². The number of azo groups is 2. The number of aryl methyl sites for hydroxylation is 2. The molecule has 0 spiro atoms. The summed E-state index contributed by atoms with van der Waals surface area (Å²) in [4.78, 5) is 45.0. The van der Waals surface area contributed by atoms with E-state index in [1.165, 1.54) is 60.7 Å². The number of hydrogen-bond acceptors (Lipinski definition) is 14. The molecule has 0 fully saturated rings. The van der Waals surface area contributed by atoms with Crippen LogP contribution in [-0.4, -0.2) is 95.5 Å². The maximum absolute atomic E-state index is 12.2. The summed E-state index contributed by atoms with van der Waals surface area (Å²) < 4.78 is 63.3. The molecule has 2 aromatic rings. The molecule has 0 radical (unpaired) electrons. The van der Waals surface area contributed by atoms with E-state index in [4.69, 9.17) is 9.11 Å². The Morgan fingerprint density at radius 2 is 0.945 bits per heavy atom. The van der Waals surface area contributed by atoms with Crippen molar-refractivity contribution < 1.29 is 46.1 Å². The smallest absolute Gasteiger partial charge is 0.757 e. The Balaban J connectivity index is 0.000000240. The Morgan fingerprint density at radius 1 is 0.582 bits per heavy atom. The number of para-hydroxylation sites is 2. The third-order valence-corrected chi connectivity index (χ3v) is 9.46. The first-order valence-electron chi connectivity index (χ1n) is 15.1. The van der Waals surface area contributed by atoms with E-state index in [0.717, 1.165) is 12.2 Å². The van der Waals surface area contributed by atoms with Crippen LogP contribution in [0.4, 0.5) is 22.7 Å². The second-order valence-electron chi connectivity index (χ2n) is 11.3. The number of hydrogen-bond donors (Lipinski definition) is 2. The monoisotopic (exact) mass is 812 g/mol. The second-order valence-corrected chi connectivity index (χ2v) is 14.2. The quantitative estimate of drug-likeness (QED) is 0.120. The zero-order valence-electron chi connectivity index (χ0n) is 28.4. The molecule has 6 rings (SSSR count). The van der Waals surface area contributed by atoms with Gasteiger partial charge in [0.25, 0.3) is 11.4 Å². The van der Waals surface area contributed by atoms with Crippen LogP contribution in [0.1, 0.15) is 11.1 Å². The fourth-order valence-corrected chi connectivity index (χ4v) is 6.23. The molecule has 0 aliphatic heterocycles. The molecular weight excluding hydrogens is 789 g/mol.